The maximum absolute atomic E-state index is 12.4. The van der Waals surface area contributed by atoms with Gasteiger partial charge in [0.05, 0.1) is 17.1 Å². The summed E-state index contributed by atoms with van der Waals surface area (Å²) in [5.41, 5.74) is 2.90. The fraction of sp³-hybridized carbons (Fsp3) is 0.222. The maximum Gasteiger partial charge on any atom is 0.240 e. The average molecular weight is 374 g/mol. The summed E-state index contributed by atoms with van der Waals surface area (Å²) in [5, 5.41) is 2.63. The third-order valence-electron chi connectivity index (χ3n) is 3.80. The van der Waals surface area contributed by atoms with Gasteiger partial charge in [0.15, 0.2) is 0 Å². The molecule has 0 bridgehead atoms. The number of nitrogens with zero attached hydrogens (tertiary/aromatic N) is 2. The van der Waals surface area contributed by atoms with E-state index in [0.717, 1.165) is 16.8 Å². The predicted molar refractivity (Wildman–Crippen MR) is 99.9 cm³/mol. The smallest absolute Gasteiger partial charge is 0.240 e. The fourth-order valence-corrected chi connectivity index (χ4v) is 4.14. The number of hydrogen-bond donors (Lipinski definition) is 1. The lowest BCUT2D eigenvalue weighted by Crippen LogP contribution is -2.23. The Balaban J connectivity index is 1.69. The Labute approximate surface area is 151 Å². The van der Waals surface area contributed by atoms with Gasteiger partial charge in [-0.3, -0.25) is 4.98 Å². The molecule has 0 radical (unpaired) electrons. The van der Waals surface area contributed by atoms with E-state index in [2.05, 4.69) is 28.5 Å². The van der Waals surface area contributed by atoms with E-state index >= 15 is 0 Å². The lowest BCUT2D eigenvalue weighted by molar-refractivity contribution is 0.581. The number of hydrogen-bond acceptors (Lipinski definition) is 5. The number of thiazole rings is 1. The van der Waals surface area contributed by atoms with Crippen LogP contribution in [0.5, 0.6) is 0 Å². The second kappa shape index (κ2) is 7.43. The first-order valence-electron chi connectivity index (χ1n) is 7.90. The van der Waals surface area contributed by atoms with Crippen LogP contribution >= 0.6 is 11.3 Å². The molecule has 0 fully saturated rings. The monoisotopic (exact) mass is 373 g/mol. The molecule has 0 spiro atoms. The number of aromatic nitrogens is 2. The van der Waals surface area contributed by atoms with Crippen molar-refractivity contribution in [3.63, 3.8) is 0 Å². The van der Waals surface area contributed by atoms with Crippen molar-refractivity contribution < 1.29 is 8.42 Å². The van der Waals surface area contributed by atoms with Gasteiger partial charge in [0.1, 0.15) is 5.01 Å². The van der Waals surface area contributed by atoms with Crippen LogP contribution in [0, 0.1) is 0 Å². The molecule has 0 aliphatic heterocycles. The van der Waals surface area contributed by atoms with Crippen LogP contribution in [0.4, 0.5) is 0 Å². The number of nitrogens with one attached hydrogen (secondary N) is 1. The predicted octanol–water partition coefficient (Wildman–Crippen LogP) is 3.81. The number of pyridine rings is 1. The summed E-state index contributed by atoms with van der Waals surface area (Å²) >= 11 is 1.43. The van der Waals surface area contributed by atoms with Gasteiger partial charge < -0.3 is 0 Å². The van der Waals surface area contributed by atoms with Gasteiger partial charge in [-0.1, -0.05) is 26.0 Å². The molecule has 0 atom stereocenters. The van der Waals surface area contributed by atoms with Crippen molar-refractivity contribution in [3.05, 3.63) is 64.7 Å². The van der Waals surface area contributed by atoms with E-state index in [4.69, 9.17) is 0 Å². The molecule has 2 heterocycles. The van der Waals surface area contributed by atoms with E-state index < -0.39 is 10.0 Å². The van der Waals surface area contributed by atoms with Crippen molar-refractivity contribution in [1.29, 1.82) is 0 Å². The highest BCUT2D eigenvalue weighted by Crippen LogP contribution is 2.22. The number of rotatable bonds is 6. The number of sulfonamides is 1. The summed E-state index contributed by atoms with van der Waals surface area (Å²) < 4.78 is 27.5. The minimum atomic E-state index is -3.55. The molecule has 1 N–H and O–H groups in total. The van der Waals surface area contributed by atoms with E-state index in [9.17, 15) is 8.42 Å². The summed E-state index contributed by atoms with van der Waals surface area (Å²) in [4.78, 5) is 8.73. The Morgan fingerprint density at radius 3 is 2.40 bits per heavy atom. The number of benzene rings is 1. The summed E-state index contributed by atoms with van der Waals surface area (Å²) in [5.74, 6) is 0.367. The summed E-state index contributed by atoms with van der Waals surface area (Å²) in [7, 11) is -3.55. The molecule has 0 aliphatic rings. The van der Waals surface area contributed by atoms with Gasteiger partial charge in [-0.25, -0.2) is 18.1 Å². The van der Waals surface area contributed by atoms with Crippen molar-refractivity contribution in [1.82, 2.24) is 14.7 Å². The van der Waals surface area contributed by atoms with Crippen molar-refractivity contribution in [2.24, 2.45) is 0 Å². The molecule has 7 heteroatoms. The zero-order chi connectivity index (χ0) is 17.9. The summed E-state index contributed by atoms with van der Waals surface area (Å²) in [6.45, 7) is 4.32. The normalized spacial score (nSPS) is 11.8. The molecule has 2 aromatic heterocycles. The zero-order valence-electron chi connectivity index (χ0n) is 14.0. The SMILES string of the molecule is CC(C)c1ccc(S(=O)(=O)NCc2nc(-c3ccncc3)cs2)cc1. The standard InChI is InChI=1S/C18H19N3O2S2/c1-13(2)14-3-5-16(6-4-14)25(22,23)20-11-18-21-17(12-24-18)15-7-9-19-10-8-15/h3-10,12-13,20H,11H2,1-2H3. The van der Waals surface area contributed by atoms with E-state index in [1.165, 1.54) is 11.3 Å². The summed E-state index contributed by atoms with van der Waals surface area (Å²) in [6, 6.07) is 10.7. The first kappa shape index (κ1) is 17.7. The zero-order valence-corrected chi connectivity index (χ0v) is 15.6. The minimum Gasteiger partial charge on any atom is -0.265 e. The third kappa shape index (κ3) is 4.31. The van der Waals surface area contributed by atoms with E-state index in [1.807, 2.05) is 29.6 Å². The van der Waals surface area contributed by atoms with Crippen LogP contribution < -0.4 is 4.72 Å². The Morgan fingerprint density at radius 2 is 1.76 bits per heavy atom. The first-order chi connectivity index (χ1) is 12.0. The van der Waals surface area contributed by atoms with E-state index in [1.54, 1.807) is 24.5 Å². The molecule has 3 rings (SSSR count). The van der Waals surface area contributed by atoms with Crippen molar-refractivity contribution in [2.75, 3.05) is 0 Å². The van der Waals surface area contributed by atoms with Gasteiger partial charge >= 0.3 is 0 Å². The molecular formula is C18H19N3O2S2. The van der Waals surface area contributed by atoms with Crippen LogP contribution in [0.2, 0.25) is 0 Å². The third-order valence-corrected chi connectivity index (χ3v) is 6.06. The lowest BCUT2D eigenvalue weighted by Gasteiger charge is -2.08. The molecule has 25 heavy (non-hydrogen) atoms. The van der Waals surface area contributed by atoms with Crippen molar-refractivity contribution in [3.8, 4) is 11.3 Å². The molecule has 3 aromatic rings. The highest BCUT2D eigenvalue weighted by molar-refractivity contribution is 7.89. The van der Waals surface area contributed by atoms with Crippen LogP contribution in [-0.4, -0.2) is 18.4 Å². The molecule has 0 saturated heterocycles. The van der Waals surface area contributed by atoms with Gasteiger partial charge in [-0.05, 0) is 35.7 Å². The molecule has 1 aromatic carbocycles. The summed E-state index contributed by atoms with van der Waals surface area (Å²) in [6.07, 6.45) is 3.41. The van der Waals surface area contributed by atoms with Gasteiger partial charge in [-0.2, -0.15) is 0 Å². The van der Waals surface area contributed by atoms with Crippen molar-refractivity contribution >= 4 is 21.4 Å². The topological polar surface area (TPSA) is 72.0 Å². The van der Waals surface area contributed by atoms with Crippen LogP contribution in [0.15, 0.2) is 59.1 Å². The second-order valence-corrected chi connectivity index (χ2v) is 8.62. The average Bonchev–Trinajstić information content (AvgIpc) is 3.10. The second-order valence-electron chi connectivity index (χ2n) is 5.91. The van der Waals surface area contributed by atoms with Crippen LogP contribution in [-0.2, 0) is 16.6 Å². The van der Waals surface area contributed by atoms with Gasteiger partial charge in [-0.15, -0.1) is 11.3 Å². The van der Waals surface area contributed by atoms with Gasteiger partial charge in [0.2, 0.25) is 10.0 Å². The molecule has 130 valence electrons. The van der Waals surface area contributed by atoms with Crippen LogP contribution in [0.3, 0.4) is 0 Å². The van der Waals surface area contributed by atoms with Gasteiger partial charge in [0, 0.05) is 23.3 Å². The van der Waals surface area contributed by atoms with Gasteiger partial charge in [0.25, 0.3) is 0 Å². The fourth-order valence-electron chi connectivity index (χ4n) is 2.32. The molecule has 0 saturated carbocycles. The van der Waals surface area contributed by atoms with E-state index in [0.29, 0.717) is 10.9 Å². The van der Waals surface area contributed by atoms with Crippen LogP contribution in [0.25, 0.3) is 11.3 Å². The first-order valence-corrected chi connectivity index (χ1v) is 10.3. The van der Waals surface area contributed by atoms with Crippen molar-refractivity contribution in [2.45, 2.75) is 31.2 Å². The van der Waals surface area contributed by atoms with Crippen LogP contribution in [0.1, 0.15) is 30.3 Å². The largest absolute Gasteiger partial charge is 0.265 e. The highest BCUT2D eigenvalue weighted by atomic mass is 32.2. The molecule has 0 aliphatic carbocycles. The highest BCUT2D eigenvalue weighted by Gasteiger charge is 2.15. The molecular weight excluding hydrogens is 354 g/mol. The molecule has 0 unspecified atom stereocenters. The molecule has 5 nitrogen and oxygen atoms in total. The maximum atomic E-state index is 12.4. The minimum absolute atomic E-state index is 0.171. The Bertz CT molecular complexity index is 934. The Kier molecular flexibility index (Phi) is 5.27. The molecule has 0 amide bonds. The quantitative estimate of drug-likeness (QED) is 0.713. The van der Waals surface area contributed by atoms with E-state index in [-0.39, 0.29) is 11.4 Å². The lowest BCUT2D eigenvalue weighted by atomic mass is 10.0. The Hall–Kier alpha value is -2.09. The Morgan fingerprint density at radius 1 is 1.08 bits per heavy atom.